The molecule has 0 radical (unpaired) electrons. The Bertz CT molecular complexity index is 595. The van der Waals surface area contributed by atoms with E-state index in [0.29, 0.717) is 0 Å². The minimum Gasteiger partial charge on any atom is -0.376 e. The van der Waals surface area contributed by atoms with Gasteiger partial charge in [-0.05, 0) is 29.8 Å². The van der Waals surface area contributed by atoms with Crippen LogP contribution in [-0.2, 0) is 16.5 Å². The lowest BCUT2D eigenvalue weighted by Crippen LogP contribution is -2.28. The Hall–Kier alpha value is -1.90. The summed E-state index contributed by atoms with van der Waals surface area (Å²) in [6.07, 6.45) is 1.34. The lowest BCUT2D eigenvalue weighted by atomic mass is 10.1. The van der Waals surface area contributed by atoms with Gasteiger partial charge in [0.15, 0.2) is 0 Å². The number of benzene rings is 1. The summed E-state index contributed by atoms with van der Waals surface area (Å²) in [5.74, 6) is -0.523. The maximum atomic E-state index is 12.2. The van der Waals surface area contributed by atoms with Crippen LogP contribution >= 0.6 is 0 Å². The summed E-state index contributed by atoms with van der Waals surface area (Å²) >= 11 is 0. The molecule has 0 aliphatic rings. The minimum absolute atomic E-state index is 0.0199. The van der Waals surface area contributed by atoms with Crippen LogP contribution in [0.1, 0.15) is 5.56 Å². The molecule has 0 N–H and O–H groups in total. The molecule has 9 heteroatoms. The van der Waals surface area contributed by atoms with Gasteiger partial charge in [0, 0.05) is 5.56 Å². The van der Waals surface area contributed by atoms with Crippen LogP contribution in [-0.4, -0.2) is 13.9 Å². The monoisotopic (exact) mass is 295 g/mol. The molecule has 0 fully saturated rings. The highest BCUT2D eigenvalue weighted by Crippen LogP contribution is 2.31. The van der Waals surface area contributed by atoms with Crippen molar-refractivity contribution >= 4 is 15.8 Å². The maximum absolute atomic E-state index is 12.2. The summed E-state index contributed by atoms with van der Waals surface area (Å²) in [6, 6.07) is 3.09. The zero-order chi connectivity index (χ0) is 14.7. The second-order valence-electron chi connectivity index (χ2n) is 3.36. The molecule has 0 heterocycles. The van der Waals surface area contributed by atoms with E-state index < -0.39 is 21.4 Å². The van der Waals surface area contributed by atoms with Gasteiger partial charge in [-0.2, -0.15) is 21.6 Å². The van der Waals surface area contributed by atoms with Crippen LogP contribution in [0.25, 0.3) is 0 Å². The molecule has 1 aromatic rings. The normalized spacial score (nSPS) is 11.9. The number of hydrogen-bond acceptors (Lipinski definition) is 5. The number of nitroso groups, excluding NO2 is 1. The zero-order valence-electron chi connectivity index (χ0n) is 9.35. The molecular weight excluding hydrogens is 287 g/mol. The molecule has 1 rings (SSSR count). The molecule has 1 aromatic carbocycles. The van der Waals surface area contributed by atoms with Gasteiger partial charge in [0.25, 0.3) is 0 Å². The van der Waals surface area contributed by atoms with Crippen LogP contribution in [0.2, 0.25) is 0 Å². The first kappa shape index (κ1) is 15.2. The second-order valence-corrected chi connectivity index (χ2v) is 4.90. The summed E-state index contributed by atoms with van der Waals surface area (Å²) in [5.41, 5.74) is -5.53. The molecule has 0 spiro atoms. The Morgan fingerprint density at radius 1 is 1.37 bits per heavy atom. The van der Waals surface area contributed by atoms with Crippen molar-refractivity contribution < 1.29 is 25.8 Å². The third-order valence-corrected chi connectivity index (χ3v) is 2.96. The molecule has 0 unspecified atom stereocenters. The van der Waals surface area contributed by atoms with Crippen LogP contribution in [0.4, 0.5) is 18.9 Å². The average Bonchev–Trinajstić information content (AvgIpc) is 2.30. The van der Waals surface area contributed by atoms with Crippen molar-refractivity contribution in [1.29, 1.82) is 0 Å². The first-order chi connectivity index (χ1) is 8.71. The van der Waals surface area contributed by atoms with Gasteiger partial charge in [0.05, 0.1) is 0 Å². The number of hydrogen-bond donors (Lipinski definition) is 0. The van der Waals surface area contributed by atoms with Gasteiger partial charge in [-0.1, -0.05) is 6.08 Å². The quantitative estimate of drug-likeness (QED) is 0.362. The molecule has 0 saturated carbocycles. The van der Waals surface area contributed by atoms with Gasteiger partial charge >= 0.3 is 15.6 Å². The standard InChI is InChI=1S/C10H8F3NO4S/c1-2-3-7-6-8(14-15)4-5-9(7)18-19(16,17)10(11,12)13/h2,4-6H,1,3H2. The van der Waals surface area contributed by atoms with Crippen molar-refractivity contribution in [2.75, 3.05) is 0 Å². The molecule has 0 saturated heterocycles. The first-order valence-corrected chi connectivity index (χ1v) is 6.20. The summed E-state index contributed by atoms with van der Waals surface area (Å²) in [6.45, 7) is 3.36. The van der Waals surface area contributed by atoms with E-state index >= 15 is 0 Å². The van der Waals surface area contributed by atoms with E-state index in [2.05, 4.69) is 15.9 Å². The number of rotatable bonds is 5. The van der Waals surface area contributed by atoms with E-state index in [-0.39, 0.29) is 17.7 Å². The Morgan fingerprint density at radius 3 is 2.47 bits per heavy atom. The minimum atomic E-state index is -5.75. The Balaban J connectivity index is 3.21. The van der Waals surface area contributed by atoms with Crippen LogP contribution in [0, 0.1) is 4.91 Å². The first-order valence-electron chi connectivity index (χ1n) is 4.79. The molecular formula is C10H8F3NO4S. The SMILES string of the molecule is C=CCc1cc(N=O)ccc1OS(=O)(=O)C(F)(F)F. The number of alkyl halides is 3. The van der Waals surface area contributed by atoms with E-state index in [9.17, 15) is 26.5 Å². The van der Waals surface area contributed by atoms with Crippen LogP contribution in [0.5, 0.6) is 5.75 Å². The van der Waals surface area contributed by atoms with Crippen LogP contribution < -0.4 is 4.18 Å². The highest BCUT2D eigenvalue weighted by molar-refractivity contribution is 7.88. The van der Waals surface area contributed by atoms with E-state index in [1.165, 1.54) is 6.08 Å². The Labute approximate surface area is 106 Å². The van der Waals surface area contributed by atoms with Gasteiger partial charge in [0.1, 0.15) is 11.4 Å². The molecule has 0 atom stereocenters. The van der Waals surface area contributed by atoms with Gasteiger partial charge in [-0.15, -0.1) is 11.5 Å². The Morgan fingerprint density at radius 2 is 2.00 bits per heavy atom. The van der Waals surface area contributed by atoms with Crippen molar-refractivity contribution in [1.82, 2.24) is 0 Å². The maximum Gasteiger partial charge on any atom is 0.534 e. The van der Waals surface area contributed by atoms with Gasteiger partial charge in [0.2, 0.25) is 0 Å². The van der Waals surface area contributed by atoms with Crippen molar-refractivity contribution in [3.8, 4) is 5.75 Å². The molecule has 5 nitrogen and oxygen atoms in total. The van der Waals surface area contributed by atoms with E-state index in [1.54, 1.807) is 0 Å². The second kappa shape index (κ2) is 5.39. The lowest BCUT2D eigenvalue weighted by Gasteiger charge is -2.12. The number of allylic oxidation sites excluding steroid dienone is 1. The van der Waals surface area contributed by atoms with Crippen LogP contribution in [0.15, 0.2) is 36.0 Å². The molecule has 0 amide bonds. The number of halogens is 3. The fourth-order valence-electron chi connectivity index (χ4n) is 1.18. The van der Waals surface area contributed by atoms with Gasteiger partial charge < -0.3 is 4.18 Å². The lowest BCUT2D eigenvalue weighted by molar-refractivity contribution is -0.0500. The average molecular weight is 295 g/mol. The van der Waals surface area contributed by atoms with E-state index in [0.717, 1.165) is 18.2 Å². The summed E-state index contributed by atoms with van der Waals surface area (Å²) in [7, 11) is -5.75. The zero-order valence-corrected chi connectivity index (χ0v) is 10.2. The third kappa shape index (κ3) is 3.53. The topological polar surface area (TPSA) is 72.8 Å². The Kier molecular flexibility index (Phi) is 4.30. The predicted molar refractivity (Wildman–Crippen MR) is 61.4 cm³/mol. The van der Waals surface area contributed by atoms with Crippen molar-refractivity contribution in [2.24, 2.45) is 5.18 Å². The third-order valence-electron chi connectivity index (χ3n) is 2.00. The number of nitrogens with zero attached hydrogens (tertiary/aromatic N) is 1. The fourth-order valence-corrected chi connectivity index (χ4v) is 1.68. The molecule has 0 aromatic heterocycles. The molecule has 0 bridgehead atoms. The molecule has 0 aliphatic carbocycles. The van der Waals surface area contributed by atoms with Crippen molar-refractivity contribution in [3.05, 3.63) is 41.3 Å². The van der Waals surface area contributed by atoms with Crippen molar-refractivity contribution in [3.63, 3.8) is 0 Å². The summed E-state index contributed by atoms with van der Waals surface area (Å²) < 4.78 is 62.3. The summed E-state index contributed by atoms with van der Waals surface area (Å²) in [5, 5.41) is 2.59. The fraction of sp³-hybridized carbons (Fsp3) is 0.200. The summed E-state index contributed by atoms with van der Waals surface area (Å²) in [4.78, 5) is 10.3. The smallest absolute Gasteiger partial charge is 0.376 e. The molecule has 19 heavy (non-hydrogen) atoms. The van der Waals surface area contributed by atoms with Gasteiger partial charge in [-0.3, -0.25) is 0 Å². The highest BCUT2D eigenvalue weighted by atomic mass is 32.2. The predicted octanol–water partition coefficient (Wildman–Crippen LogP) is 3.04. The van der Waals surface area contributed by atoms with Crippen LogP contribution in [0.3, 0.4) is 0 Å². The van der Waals surface area contributed by atoms with Gasteiger partial charge in [-0.25, -0.2) is 0 Å². The van der Waals surface area contributed by atoms with Crippen molar-refractivity contribution in [2.45, 2.75) is 11.9 Å². The molecule has 0 aliphatic heterocycles. The molecule has 104 valence electrons. The highest BCUT2D eigenvalue weighted by Gasteiger charge is 2.48. The largest absolute Gasteiger partial charge is 0.534 e. The van der Waals surface area contributed by atoms with E-state index in [4.69, 9.17) is 0 Å². The van der Waals surface area contributed by atoms with E-state index in [1.807, 2.05) is 0 Å².